The lowest BCUT2D eigenvalue weighted by atomic mass is 10.1. The van der Waals surface area contributed by atoms with Crippen molar-refractivity contribution in [2.45, 2.75) is 6.10 Å². The fourth-order valence-electron chi connectivity index (χ4n) is 1.37. The lowest BCUT2D eigenvalue weighted by molar-refractivity contribution is 0.220. The summed E-state index contributed by atoms with van der Waals surface area (Å²) in [7, 11) is 0. The van der Waals surface area contributed by atoms with Gasteiger partial charge in [0.05, 0.1) is 0 Å². The third-order valence-corrected chi connectivity index (χ3v) is 2.49. The molecule has 0 aliphatic heterocycles. The zero-order chi connectivity index (χ0) is 11.5. The summed E-state index contributed by atoms with van der Waals surface area (Å²) in [4.78, 5) is 7.75. The van der Waals surface area contributed by atoms with E-state index in [1.807, 2.05) is 0 Å². The molecular formula is C11H8Cl2N2O. The highest BCUT2D eigenvalue weighted by Crippen LogP contribution is 2.25. The van der Waals surface area contributed by atoms with Crippen LogP contribution in [0.25, 0.3) is 0 Å². The minimum absolute atomic E-state index is 0.255. The summed E-state index contributed by atoms with van der Waals surface area (Å²) < 4.78 is 0. The van der Waals surface area contributed by atoms with Crippen LogP contribution in [0.3, 0.4) is 0 Å². The molecule has 1 N–H and O–H groups in total. The molecule has 0 aliphatic rings. The minimum Gasteiger partial charge on any atom is -0.384 e. The molecule has 1 atom stereocenters. The van der Waals surface area contributed by atoms with Gasteiger partial charge in [-0.1, -0.05) is 29.3 Å². The van der Waals surface area contributed by atoms with E-state index in [9.17, 15) is 5.11 Å². The smallest absolute Gasteiger partial charge is 0.131 e. The molecule has 2 aromatic rings. The first kappa shape index (κ1) is 11.3. The van der Waals surface area contributed by atoms with Crippen LogP contribution in [0.1, 0.15) is 17.2 Å². The van der Waals surface area contributed by atoms with Crippen LogP contribution in [0, 0.1) is 0 Å². The minimum atomic E-state index is -0.799. The van der Waals surface area contributed by atoms with Gasteiger partial charge >= 0.3 is 0 Å². The second-order valence-electron chi connectivity index (χ2n) is 3.23. The maximum absolute atomic E-state index is 10.1. The number of halogens is 2. The van der Waals surface area contributed by atoms with Crippen molar-refractivity contribution in [2.75, 3.05) is 0 Å². The van der Waals surface area contributed by atoms with Crippen LogP contribution in [-0.4, -0.2) is 15.1 Å². The molecule has 0 bridgehead atoms. The van der Waals surface area contributed by atoms with E-state index in [2.05, 4.69) is 9.97 Å². The van der Waals surface area contributed by atoms with Crippen LogP contribution in [0.5, 0.6) is 0 Å². The number of hydrogen-bond donors (Lipinski definition) is 1. The predicted octanol–water partition coefficient (Wildman–Crippen LogP) is 2.87. The highest BCUT2D eigenvalue weighted by atomic mass is 35.5. The van der Waals surface area contributed by atoms with Crippen LogP contribution in [0.2, 0.25) is 10.3 Å². The molecule has 0 saturated carbocycles. The fraction of sp³-hybridized carbons (Fsp3) is 0.0909. The Balaban J connectivity index is 2.37. The van der Waals surface area contributed by atoms with Crippen LogP contribution < -0.4 is 0 Å². The molecule has 3 nitrogen and oxygen atoms in total. The lowest BCUT2D eigenvalue weighted by Gasteiger charge is -2.11. The molecule has 5 heteroatoms. The molecule has 0 spiro atoms. The standard InChI is InChI=1S/C11H8Cl2N2O/c12-9-4-8(5-10(13)15-9)11(16)7-2-1-3-14-6-7/h1-6,11,16H. The van der Waals surface area contributed by atoms with Crippen molar-refractivity contribution < 1.29 is 5.11 Å². The summed E-state index contributed by atoms with van der Waals surface area (Å²) >= 11 is 11.5. The quantitative estimate of drug-likeness (QED) is 0.839. The van der Waals surface area contributed by atoms with Gasteiger partial charge in [-0.15, -0.1) is 0 Å². The van der Waals surface area contributed by atoms with Crippen molar-refractivity contribution >= 4 is 23.2 Å². The molecule has 0 amide bonds. The average molecular weight is 255 g/mol. The Morgan fingerprint density at radius 1 is 1.12 bits per heavy atom. The van der Waals surface area contributed by atoms with Crippen molar-refractivity contribution in [1.29, 1.82) is 0 Å². The topological polar surface area (TPSA) is 46.0 Å². The monoisotopic (exact) mass is 254 g/mol. The highest BCUT2D eigenvalue weighted by Gasteiger charge is 2.12. The summed E-state index contributed by atoms with van der Waals surface area (Å²) in [6, 6.07) is 6.68. The molecule has 16 heavy (non-hydrogen) atoms. The van der Waals surface area contributed by atoms with E-state index in [1.165, 1.54) is 0 Å². The first-order valence-corrected chi connectivity index (χ1v) is 5.33. The van der Waals surface area contributed by atoms with Crippen molar-refractivity contribution in [3.05, 3.63) is 58.1 Å². The number of aliphatic hydroxyl groups is 1. The Hall–Kier alpha value is -1.16. The normalized spacial score (nSPS) is 12.4. The maximum atomic E-state index is 10.1. The molecule has 1 unspecified atom stereocenters. The van der Waals surface area contributed by atoms with Crippen LogP contribution >= 0.6 is 23.2 Å². The van der Waals surface area contributed by atoms with Crippen LogP contribution in [0.4, 0.5) is 0 Å². The van der Waals surface area contributed by atoms with E-state index >= 15 is 0 Å². The first-order valence-electron chi connectivity index (χ1n) is 4.58. The third kappa shape index (κ3) is 2.50. The Morgan fingerprint density at radius 3 is 2.38 bits per heavy atom. The van der Waals surface area contributed by atoms with Crippen molar-refractivity contribution in [3.63, 3.8) is 0 Å². The van der Waals surface area contributed by atoms with Crippen LogP contribution in [0.15, 0.2) is 36.7 Å². The van der Waals surface area contributed by atoms with E-state index < -0.39 is 6.10 Å². The second-order valence-corrected chi connectivity index (χ2v) is 4.01. The molecule has 82 valence electrons. The van der Waals surface area contributed by atoms with Gasteiger partial charge in [-0.2, -0.15) is 0 Å². The van der Waals surface area contributed by atoms with Gasteiger partial charge in [0.1, 0.15) is 16.4 Å². The molecule has 0 saturated heterocycles. The summed E-state index contributed by atoms with van der Waals surface area (Å²) in [5, 5.41) is 10.6. The molecule has 2 heterocycles. The van der Waals surface area contributed by atoms with Crippen LogP contribution in [-0.2, 0) is 0 Å². The number of rotatable bonds is 2. The molecule has 2 rings (SSSR count). The summed E-state index contributed by atoms with van der Waals surface area (Å²) in [5.41, 5.74) is 1.28. The largest absolute Gasteiger partial charge is 0.384 e. The van der Waals surface area contributed by atoms with E-state index in [0.29, 0.717) is 11.1 Å². The number of nitrogens with zero attached hydrogens (tertiary/aromatic N) is 2. The van der Waals surface area contributed by atoms with Gasteiger partial charge in [0.2, 0.25) is 0 Å². The summed E-state index contributed by atoms with van der Waals surface area (Å²) in [5.74, 6) is 0. The molecule has 0 radical (unpaired) electrons. The van der Waals surface area contributed by atoms with E-state index in [-0.39, 0.29) is 10.3 Å². The first-order chi connectivity index (χ1) is 7.66. The van der Waals surface area contributed by atoms with Gasteiger partial charge in [-0.3, -0.25) is 4.98 Å². The van der Waals surface area contributed by atoms with Gasteiger partial charge in [0, 0.05) is 18.0 Å². The van der Waals surface area contributed by atoms with E-state index in [0.717, 1.165) is 0 Å². The van der Waals surface area contributed by atoms with Crippen molar-refractivity contribution in [2.24, 2.45) is 0 Å². The van der Waals surface area contributed by atoms with Gasteiger partial charge < -0.3 is 5.11 Å². The molecular weight excluding hydrogens is 247 g/mol. The summed E-state index contributed by atoms with van der Waals surface area (Å²) in [6.45, 7) is 0. The maximum Gasteiger partial charge on any atom is 0.131 e. The second kappa shape index (κ2) is 4.78. The lowest BCUT2D eigenvalue weighted by Crippen LogP contribution is -2.00. The Labute approximate surface area is 103 Å². The Bertz CT molecular complexity index is 470. The van der Waals surface area contributed by atoms with Gasteiger partial charge in [-0.05, 0) is 23.8 Å². The molecule has 0 aliphatic carbocycles. The number of aromatic nitrogens is 2. The summed E-state index contributed by atoms with van der Waals surface area (Å²) in [6.07, 6.45) is 2.43. The number of pyridine rings is 2. The van der Waals surface area contributed by atoms with Gasteiger partial charge in [0.25, 0.3) is 0 Å². The number of aliphatic hydroxyl groups excluding tert-OH is 1. The van der Waals surface area contributed by atoms with Gasteiger partial charge in [-0.25, -0.2) is 4.98 Å². The van der Waals surface area contributed by atoms with Crippen molar-refractivity contribution in [1.82, 2.24) is 9.97 Å². The van der Waals surface area contributed by atoms with E-state index in [4.69, 9.17) is 23.2 Å². The molecule has 2 aromatic heterocycles. The van der Waals surface area contributed by atoms with E-state index in [1.54, 1.807) is 36.7 Å². The van der Waals surface area contributed by atoms with Gasteiger partial charge in [0.15, 0.2) is 0 Å². The average Bonchev–Trinajstić information content (AvgIpc) is 2.28. The van der Waals surface area contributed by atoms with Crippen molar-refractivity contribution in [3.8, 4) is 0 Å². The molecule has 0 aromatic carbocycles. The third-order valence-electron chi connectivity index (χ3n) is 2.10. The SMILES string of the molecule is OC(c1cccnc1)c1cc(Cl)nc(Cl)c1. The fourth-order valence-corrected chi connectivity index (χ4v) is 1.85. The highest BCUT2D eigenvalue weighted by molar-refractivity contribution is 6.32. The molecule has 0 fully saturated rings. The predicted molar refractivity (Wildman–Crippen MR) is 62.6 cm³/mol. The Morgan fingerprint density at radius 2 is 1.81 bits per heavy atom. The number of hydrogen-bond acceptors (Lipinski definition) is 3. The Kier molecular flexibility index (Phi) is 3.39. The zero-order valence-electron chi connectivity index (χ0n) is 8.14. The zero-order valence-corrected chi connectivity index (χ0v) is 9.65.